The van der Waals surface area contributed by atoms with Gasteiger partial charge >= 0.3 is 0 Å². The van der Waals surface area contributed by atoms with Crippen molar-refractivity contribution in [1.29, 1.82) is 0 Å². The van der Waals surface area contributed by atoms with Crippen molar-refractivity contribution in [2.75, 3.05) is 5.32 Å². The van der Waals surface area contributed by atoms with Crippen molar-refractivity contribution < 1.29 is 4.92 Å². The molecular formula is C17H15N3O2S. The normalized spacial score (nSPS) is 10.5. The first-order valence-corrected chi connectivity index (χ1v) is 7.95. The van der Waals surface area contributed by atoms with Gasteiger partial charge in [0.25, 0.3) is 5.69 Å². The lowest BCUT2D eigenvalue weighted by Gasteiger charge is -2.07. The number of hydrogen-bond acceptors (Lipinski definition) is 5. The van der Waals surface area contributed by atoms with E-state index in [1.165, 1.54) is 29.0 Å². The van der Waals surface area contributed by atoms with Crippen LogP contribution in [-0.2, 0) is 0 Å². The zero-order chi connectivity index (χ0) is 16.4. The summed E-state index contributed by atoms with van der Waals surface area (Å²) < 4.78 is 0. The third kappa shape index (κ3) is 3.37. The highest BCUT2D eigenvalue weighted by Gasteiger charge is 2.10. The van der Waals surface area contributed by atoms with E-state index in [-0.39, 0.29) is 5.69 Å². The van der Waals surface area contributed by atoms with Crippen molar-refractivity contribution in [1.82, 2.24) is 4.98 Å². The average molecular weight is 325 g/mol. The van der Waals surface area contributed by atoms with Crippen LogP contribution in [0, 0.1) is 24.0 Å². The summed E-state index contributed by atoms with van der Waals surface area (Å²) in [6.07, 6.45) is 0. The first-order valence-electron chi connectivity index (χ1n) is 7.07. The van der Waals surface area contributed by atoms with Gasteiger partial charge in [0.2, 0.25) is 0 Å². The molecule has 3 rings (SSSR count). The number of nitro benzene ring substituents is 1. The summed E-state index contributed by atoms with van der Waals surface area (Å²) in [5.41, 5.74) is 4.87. The molecule has 1 aromatic heterocycles. The zero-order valence-corrected chi connectivity index (χ0v) is 13.6. The first-order chi connectivity index (χ1) is 11.0. The Kier molecular flexibility index (Phi) is 4.08. The van der Waals surface area contributed by atoms with Crippen molar-refractivity contribution >= 4 is 27.8 Å². The topological polar surface area (TPSA) is 68.1 Å². The summed E-state index contributed by atoms with van der Waals surface area (Å²) in [5, 5.41) is 16.8. The van der Waals surface area contributed by atoms with Gasteiger partial charge in [0.15, 0.2) is 5.13 Å². The van der Waals surface area contributed by atoms with E-state index in [0.717, 1.165) is 27.6 Å². The van der Waals surface area contributed by atoms with E-state index < -0.39 is 4.92 Å². The molecule has 5 nitrogen and oxygen atoms in total. The van der Waals surface area contributed by atoms with Gasteiger partial charge in [-0.15, -0.1) is 11.3 Å². The van der Waals surface area contributed by atoms with Gasteiger partial charge in [0.1, 0.15) is 0 Å². The molecule has 0 aliphatic rings. The van der Waals surface area contributed by atoms with Crippen molar-refractivity contribution in [3.8, 4) is 11.3 Å². The molecule has 0 atom stereocenters. The maximum atomic E-state index is 10.9. The van der Waals surface area contributed by atoms with Crippen LogP contribution >= 0.6 is 11.3 Å². The molecule has 0 amide bonds. The lowest BCUT2D eigenvalue weighted by Crippen LogP contribution is -1.93. The largest absolute Gasteiger partial charge is 0.331 e. The molecule has 0 aliphatic carbocycles. The number of aromatic nitrogens is 1. The summed E-state index contributed by atoms with van der Waals surface area (Å²) >= 11 is 1.48. The van der Waals surface area contributed by atoms with Gasteiger partial charge in [-0.2, -0.15) is 0 Å². The first kappa shape index (κ1) is 15.2. The van der Waals surface area contributed by atoms with Gasteiger partial charge in [-0.3, -0.25) is 10.1 Å². The van der Waals surface area contributed by atoms with Gasteiger partial charge in [-0.25, -0.2) is 4.98 Å². The Morgan fingerprint density at radius 3 is 2.78 bits per heavy atom. The molecule has 1 heterocycles. The Labute approximate surface area is 137 Å². The number of nitrogens with zero attached hydrogens (tertiary/aromatic N) is 2. The van der Waals surface area contributed by atoms with E-state index >= 15 is 0 Å². The Morgan fingerprint density at radius 1 is 1.17 bits per heavy atom. The van der Waals surface area contributed by atoms with Crippen LogP contribution in [0.15, 0.2) is 47.8 Å². The van der Waals surface area contributed by atoms with E-state index in [9.17, 15) is 10.1 Å². The van der Waals surface area contributed by atoms with Crippen molar-refractivity contribution in [3.05, 3.63) is 69.1 Å². The number of nitrogens with one attached hydrogen (secondary N) is 1. The number of thiazole rings is 1. The molecular weight excluding hydrogens is 310 g/mol. The van der Waals surface area contributed by atoms with Gasteiger partial charge in [0.05, 0.1) is 10.6 Å². The van der Waals surface area contributed by atoms with Gasteiger partial charge in [-0.05, 0) is 31.0 Å². The summed E-state index contributed by atoms with van der Waals surface area (Å²) in [4.78, 5) is 15.0. The average Bonchev–Trinajstić information content (AvgIpc) is 3.00. The molecule has 6 heteroatoms. The maximum absolute atomic E-state index is 10.9. The molecule has 0 fully saturated rings. The van der Waals surface area contributed by atoms with Crippen LogP contribution in [0.5, 0.6) is 0 Å². The van der Waals surface area contributed by atoms with E-state index in [1.807, 2.05) is 25.3 Å². The molecule has 0 radical (unpaired) electrons. The fourth-order valence-corrected chi connectivity index (χ4v) is 2.96. The quantitative estimate of drug-likeness (QED) is 0.536. The molecule has 0 bridgehead atoms. The van der Waals surface area contributed by atoms with Gasteiger partial charge in [-0.1, -0.05) is 24.3 Å². The summed E-state index contributed by atoms with van der Waals surface area (Å²) in [5.74, 6) is 0. The predicted molar refractivity (Wildman–Crippen MR) is 93.4 cm³/mol. The van der Waals surface area contributed by atoms with Gasteiger partial charge in [0, 0.05) is 28.8 Å². The number of hydrogen-bond donors (Lipinski definition) is 1. The summed E-state index contributed by atoms with van der Waals surface area (Å²) in [6, 6.07) is 12.7. The summed E-state index contributed by atoms with van der Waals surface area (Å²) in [7, 11) is 0. The number of anilines is 2. The number of rotatable bonds is 4. The second-order valence-corrected chi connectivity index (χ2v) is 6.15. The van der Waals surface area contributed by atoms with Crippen LogP contribution in [0.4, 0.5) is 16.5 Å². The maximum Gasteiger partial charge on any atom is 0.270 e. The summed E-state index contributed by atoms with van der Waals surface area (Å²) in [6.45, 7) is 4.08. The minimum atomic E-state index is -0.398. The van der Waals surface area contributed by atoms with Crippen LogP contribution in [0.2, 0.25) is 0 Å². The number of benzene rings is 2. The minimum Gasteiger partial charge on any atom is -0.331 e. The van der Waals surface area contributed by atoms with E-state index in [2.05, 4.69) is 28.5 Å². The number of non-ortho nitro benzene ring substituents is 1. The monoisotopic (exact) mass is 325 g/mol. The molecule has 0 spiro atoms. The molecule has 23 heavy (non-hydrogen) atoms. The standard InChI is InChI=1S/C17H15N3O2S/c1-11-6-7-12(2)15(8-11)18-17-19-16(10-23-17)13-4-3-5-14(9-13)20(21)22/h3-10H,1-2H3,(H,18,19). The lowest BCUT2D eigenvalue weighted by atomic mass is 10.1. The van der Waals surface area contributed by atoms with E-state index in [4.69, 9.17) is 0 Å². The van der Waals surface area contributed by atoms with Crippen LogP contribution in [0.3, 0.4) is 0 Å². The van der Waals surface area contributed by atoms with Crippen LogP contribution in [0.25, 0.3) is 11.3 Å². The van der Waals surface area contributed by atoms with Crippen LogP contribution in [0.1, 0.15) is 11.1 Å². The van der Waals surface area contributed by atoms with Crippen molar-refractivity contribution in [2.24, 2.45) is 0 Å². The molecule has 3 aromatic rings. The molecule has 0 saturated heterocycles. The highest BCUT2D eigenvalue weighted by molar-refractivity contribution is 7.14. The number of nitro groups is 1. The molecule has 2 aromatic carbocycles. The smallest absolute Gasteiger partial charge is 0.270 e. The molecule has 0 aliphatic heterocycles. The van der Waals surface area contributed by atoms with Crippen molar-refractivity contribution in [2.45, 2.75) is 13.8 Å². The fourth-order valence-electron chi connectivity index (χ4n) is 2.23. The Balaban J connectivity index is 1.87. The number of aryl methyl sites for hydroxylation is 2. The van der Waals surface area contributed by atoms with E-state index in [1.54, 1.807) is 6.07 Å². The van der Waals surface area contributed by atoms with Crippen LogP contribution in [-0.4, -0.2) is 9.91 Å². The second-order valence-electron chi connectivity index (χ2n) is 5.29. The molecule has 0 unspecified atom stereocenters. The fraction of sp³-hybridized carbons (Fsp3) is 0.118. The van der Waals surface area contributed by atoms with E-state index in [0.29, 0.717) is 0 Å². The highest BCUT2D eigenvalue weighted by atomic mass is 32.1. The second kappa shape index (κ2) is 6.18. The Morgan fingerprint density at radius 2 is 2.00 bits per heavy atom. The third-order valence-corrected chi connectivity index (χ3v) is 4.25. The minimum absolute atomic E-state index is 0.0690. The van der Waals surface area contributed by atoms with Gasteiger partial charge < -0.3 is 5.32 Å². The third-order valence-electron chi connectivity index (χ3n) is 3.49. The predicted octanol–water partition coefficient (Wildman–Crippen LogP) is 5.08. The Bertz CT molecular complexity index is 874. The molecule has 1 N–H and O–H groups in total. The Hall–Kier alpha value is -2.73. The van der Waals surface area contributed by atoms with Crippen LogP contribution < -0.4 is 5.32 Å². The molecule has 0 saturated carbocycles. The lowest BCUT2D eigenvalue weighted by molar-refractivity contribution is -0.384. The highest BCUT2D eigenvalue weighted by Crippen LogP contribution is 2.30. The van der Waals surface area contributed by atoms with Crippen molar-refractivity contribution in [3.63, 3.8) is 0 Å². The zero-order valence-electron chi connectivity index (χ0n) is 12.7. The SMILES string of the molecule is Cc1ccc(C)c(Nc2nc(-c3cccc([N+](=O)[O-])c3)cs2)c1. The molecule has 116 valence electrons.